The van der Waals surface area contributed by atoms with Gasteiger partial charge in [0.05, 0.1) is 5.56 Å². The standard InChI is InChI=1S/C17H16ClNO4/c1-10-6-14(7-11(2)16(10)18)23-9-15(20)19-13-5-3-4-12(8-13)17(21)22/h3-8H,9H2,1-2H3,(H,19,20)(H,21,22). The third-order valence-corrected chi connectivity index (χ3v) is 3.77. The Morgan fingerprint density at radius 2 is 1.83 bits per heavy atom. The summed E-state index contributed by atoms with van der Waals surface area (Å²) in [5.74, 6) is -0.874. The molecule has 0 aliphatic carbocycles. The third kappa shape index (κ3) is 4.47. The van der Waals surface area contributed by atoms with Crippen molar-refractivity contribution in [3.05, 3.63) is 58.1 Å². The first-order valence-electron chi connectivity index (χ1n) is 6.89. The fraction of sp³-hybridized carbons (Fsp3) is 0.176. The van der Waals surface area contributed by atoms with Gasteiger partial charge in [-0.25, -0.2) is 4.79 Å². The van der Waals surface area contributed by atoms with E-state index in [9.17, 15) is 9.59 Å². The maximum atomic E-state index is 11.9. The van der Waals surface area contributed by atoms with Crippen molar-refractivity contribution in [2.75, 3.05) is 11.9 Å². The number of halogens is 1. The fourth-order valence-electron chi connectivity index (χ4n) is 2.07. The van der Waals surface area contributed by atoms with Gasteiger partial charge in [0, 0.05) is 10.7 Å². The Labute approximate surface area is 138 Å². The van der Waals surface area contributed by atoms with E-state index < -0.39 is 5.97 Å². The minimum absolute atomic E-state index is 0.104. The Morgan fingerprint density at radius 1 is 1.17 bits per heavy atom. The van der Waals surface area contributed by atoms with E-state index in [0.29, 0.717) is 16.5 Å². The number of carboxylic acids is 1. The first-order chi connectivity index (χ1) is 10.9. The zero-order chi connectivity index (χ0) is 17.0. The van der Waals surface area contributed by atoms with Crippen LogP contribution in [0.15, 0.2) is 36.4 Å². The van der Waals surface area contributed by atoms with Gasteiger partial charge in [0.25, 0.3) is 5.91 Å². The summed E-state index contributed by atoms with van der Waals surface area (Å²) in [4.78, 5) is 22.8. The zero-order valence-corrected chi connectivity index (χ0v) is 13.5. The Balaban J connectivity index is 1.98. The lowest BCUT2D eigenvalue weighted by Crippen LogP contribution is -2.20. The van der Waals surface area contributed by atoms with E-state index in [4.69, 9.17) is 21.4 Å². The van der Waals surface area contributed by atoms with Gasteiger partial charge in [0.1, 0.15) is 5.75 Å². The molecule has 2 N–H and O–H groups in total. The van der Waals surface area contributed by atoms with E-state index in [0.717, 1.165) is 11.1 Å². The van der Waals surface area contributed by atoms with Crippen LogP contribution in [0.25, 0.3) is 0 Å². The summed E-state index contributed by atoms with van der Waals surface area (Å²) >= 11 is 6.08. The SMILES string of the molecule is Cc1cc(OCC(=O)Nc2cccc(C(=O)O)c2)cc(C)c1Cl. The highest BCUT2D eigenvalue weighted by Crippen LogP contribution is 2.25. The molecule has 120 valence electrons. The Bertz CT molecular complexity index is 735. The quantitative estimate of drug-likeness (QED) is 0.875. The van der Waals surface area contributed by atoms with Crippen LogP contribution in [-0.2, 0) is 4.79 Å². The van der Waals surface area contributed by atoms with Gasteiger partial charge in [-0.2, -0.15) is 0 Å². The highest BCUT2D eigenvalue weighted by Gasteiger charge is 2.08. The molecule has 1 amide bonds. The fourth-order valence-corrected chi connectivity index (χ4v) is 2.17. The van der Waals surface area contributed by atoms with Crippen LogP contribution in [0.4, 0.5) is 5.69 Å². The number of hydrogen-bond donors (Lipinski definition) is 2. The number of nitrogens with one attached hydrogen (secondary N) is 1. The number of amides is 1. The highest BCUT2D eigenvalue weighted by molar-refractivity contribution is 6.32. The molecular weight excluding hydrogens is 318 g/mol. The number of carboxylic acid groups (broad SMARTS) is 1. The third-order valence-electron chi connectivity index (χ3n) is 3.17. The van der Waals surface area contributed by atoms with Crippen molar-refractivity contribution in [3.63, 3.8) is 0 Å². The number of aromatic carboxylic acids is 1. The van der Waals surface area contributed by atoms with Gasteiger partial charge in [0.2, 0.25) is 0 Å². The van der Waals surface area contributed by atoms with Crippen LogP contribution in [0.1, 0.15) is 21.5 Å². The number of aryl methyl sites for hydroxylation is 2. The van der Waals surface area contributed by atoms with Gasteiger partial charge >= 0.3 is 5.97 Å². The molecule has 0 atom stereocenters. The molecule has 0 radical (unpaired) electrons. The normalized spacial score (nSPS) is 10.2. The number of carbonyl (C=O) groups is 2. The molecule has 0 spiro atoms. The van der Waals surface area contributed by atoms with E-state index >= 15 is 0 Å². The molecule has 0 fully saturated rings. The molecule has 0 saturated heterocycles. The van der Waals surface area contributed by atoms with E-state index in [2.05, 4.69) is 5.32 Å². The van der Waals surface area contributed by atoms with Gasteiger partial charge < -0.3 is 15.2 Å². The van der Waals surface area contributed by atoms with Crippen LogP contribution < -0.4 is 10.1 Å². The predicted molar refractivity (Wildman–Crippen MR) is 88.5 cm³/mol. The van der Waals surface area contributed by atoms with Gasteiger partial charge in [0.15, 0.2) is 6.61 Å². The van der Waals surface area contributed by atoms with Gasteiger partial charge in [-0.15, -0.1) is 0 Å². The second-order valence-corrected chi connectivity index (χ2v) is 5.47. The molecule has 2 aromatic rings. The number of carbonyl (C=O) groups excluding carboxylic acids is 1. The molecule has 0 saturated carbocycles. The summed E-state index contributed by atoms with van der Waals surface area (Å²) in [7, 11) is 0. The van der Waals surface area contributed by atoms with Crippen LogP contribution in [0.5, 0.6) is 5.75 Å². The van der Waals surface area contributed by atoms with Gasteiger partial charge in [-0.1, -0.05) is 17.7 Å². The van der Waals surface area contributed by atoms with Crippen LogP contribution in [-0.4, -0.2) is 23.6 Å². The molecule has 5 nitrogen and oxygen atoms in total. The second-order valence-electron chi connectivity index (χ2n) is 5.09. The average Bonchev–Trinajstić information content (AvgIpc) is 2.50. The number of benzene rings is 2. The average molecular weight is 334 g/mol. The zero-order valence-electron chi connectivity index (χ0n) is 12.7. The van der Waals surface area contributed by atoms with Gasteiger partial charge in [-0.05, 0) is 55.3 Å². The predicted octanol–water partition coefficient (Wildman–Crippen LogP) is 3.67. The molecule has 0 bridgehead atoms. The van der Waals surface area contributed by atoms with Crippen molar-refractivity contribution in [2.24, 2.45) is 0 Å². The minimum atomic E-state index is -1.05. The van der Waals surface area contributed by atoms with Crippen LogP contribution in [0, 0.1) is 13.8 Å². The molecular formula is C17H16ClNO4. The van der Waals surface area contributed by atoms with E-state index in [1.807, 2.05) is 13.8 Å². The summed E-state index contributed by atoms with van der Waals surface area (Å²) < 4.78 is 5.45. The number of ether oxygens (including phenoxy) is 1. The first-order valence-corrected chi connectivity index (χ1v) is 7.27. The molecule has 2 aromatic carbocycles. The van der Waals surface area contributed by atoms with Crippen LogP contribution >= 0.6 is 11.6 Å². The maximum Gasteiger partial charge on any atom is 0.335 e. The largest absolute Gasteiger partial charge is 0.484 e. The maximum absolute atomic E-state index is 11.9. The number of anilines is 1. The molecule has 0 aromatic heterocycles. The van der Waals surface area contributed by atoms with E-state index in [1.165, 1.54) is 12.1 Å². The molecule has 0 unspecified atom stereocenters. The lowest BCUT2D eigenvalue weighted by molar-refractivity contribution is -0.118. The van der Waals surface area contributed by atoms with Crippen molar-refractivity contribution >= 4 is 29.2 Å². The van der Waals surface area contributed by atoms with Crippen molar-refractivity contribution < 1.29 is 19.4 Å². The summed E-state index contributed by atoms with van der Waals surface area (Å²) in [5, 5.41) is 12.2. The molecule has 23 heavy (non-hydrogen) atoms. The Morgan fingerprint density at radius 3 is 2.43 bits per heavy atom. The van der Waals surface area contributed by atoms with Crippen molar-refractivity contribution in [1.82, 2.24) is 0 Å². The minimum Gasteiger partial charge on any atom is -0.484 e. The second kappa shape index (κ2) is 7.15. The molecule has 0 heterocycles. The topological polar surface area (TPSA) is 75.6 Å². The Hall–Kier alpha value is -2.53. The Kier molecular flexibility index (Phi) is 5.24. The van der Waals surface area contributed by atoms with E-state index in [1.54, 1.807) is 24.3 Å². The number of hydrogen-bond acceptors (Lipinski definition) is 3. The molecule has 2 rings (SSSR count). The van der Waals surface area contributed by atoms with Crippen LogP contribution in [0.2, 0.25) is 5.02 Å². The van der Waals surface area contributed by atoms with Gasteiger partial charge in [-0.3, -0.25) is 4.79 Å². The smallest absolute Gasteiger partial charge is 0.335 e. The lowest BCUT2D eigenvalue weighted by atomic mass is 10.1. The molecule has 0 aliphatic rings. The van der Waals surface area contributed by atoms with Crippen LogP contribution in [0.3, 0.4) is 0 Å². The monoisotopic (exact) mass is 333 g/mol. The highest BCUT2D eigenvalue weighted by atomic mass is 35.5. The molecule has 0 aliphatic heterocycles. The van der Waals surface area contributed by atoms with Crippen molar-refractivity contribution in [2.45, 2.75) is 13.8 Å². The summed E-state index contributed by atoms with van der Waals surface area (Å²) in [6, 6.07) is 9.53. The van der Waals surface area contributed by atoms with Crippen molar-refractivity contribution in [1.29, 1.82) is 0 Å². The molecule has 6 heteroatoms. The summed E-state index contributed by atoms with van der Waals surface area (Å²) in [6.45, 7) is 3.54. The summed E-state index contributed by atoms with van der Waals surface area (Å²) in [6.07, 6.45) is 0. The van der Waals surface area contributed by atoms with Crippen molar-refractivity contribution in [3.8, 4) is 5.75 Å². The van der Waals surface area contributed by atoms with E-state index in [-0.39, 0.29) is 18.1 Å². The first kappa shape index (κ1) is 16.8. The summed E-state index contributed by atoms with van der Waals surface area (Å²) in [5.41, 5.74) is 2.25. The lowest BCUT2D eigenvalue weighted by Gasteiger charge is -2.10. The number of rotatable bonds is 5.